The average Bonchev–Trinajstić information content (AvgIpc) is 3.29. The van der Waals surface area contributed by atoms with Crippen LogP contribution in [0.15, 0.2) is 82.7 Å². The van der Waals surface area contributed by atoms with E-state index in [1.807, 2.05) is 37.3 Å². The van der Waals surface area contributed by atoms with Gasteiger partial charge in [0.2, 0.25) is 14.9 Å². The summed E-state index contributed by atoms with van der Waals surface area (Å²) in [5, 5.41) is 9.05. The first-order chi connectivity index (χ1) is 16.0. The van der Waals surface area contributed by atoms with Gasteiger partial charge >= 0.3 is 0 Å². The van der Waals surface area contributed by atoms with Crippen LogP contribution >= 0.6 is 0 Å². The van der Waals surface area contributed by atoms with Crippen LogP contribution in [0, 0.1) is 6.92 Å². The van der Waals surface area contributed by atoms with E-state index in [-0.39, 0.29) is 15.6 Å². The first-order valence-electron chi connectivity index (χ1n) is 10.8. The summed E-state index contributed by atoms with van der Waals surface area (Å²) >= 11 is 0. The standard InChI is InChI=1S/C25H21N5O2S/c1-17-10-12-20(13-11-17)33(31,32)25-24-26-23(21-8-4-5-9-22(21)30(24)28-27-25)29-15-14-18-6-2-3-7-19(18)16-29/h2-13H,14-16H2,1H3. The fourth-order valence-electron chi connectivity index (χ4n) is 4.45. The van der Waals surface area contributed by atoms with Crippen LogP contribution in [0.2, 0.25) is 0 Å². The van der Waals surface area contributed by atoms with Crippen LogP contribution in [0.5, 0.6) is 0 Å². The Labute approximate surface area is 191 Å². The van der Waals surface area contributed by atoms with E-state index in [0.717, 1.165) is 35.2 Å². The molecule has 0 unspecified atom stereocenters. The molecule has 0 bridgehead atoms. The first-order valence-corrected chi connectivity index (χ1v) is 12.3. The van der Waals surface area contributed by atoms with Crippen molar-refractivity contribution < 1.29 is 8.42 Å². The number of benzene rings is 3. The molecule has 0 aliphatic carbocycles. The SMILES string of the molecule is Cc1ccc(S(=O)(=O)c2nnn3c2nc(N2CCc4ccccc4C2)c2ccccc23)cc1. The largest absolute Gasteiger partial charge is 0.351 e. The van der Waals surface area contributed by atoms with Gasteiger partial charge in [0.25, 0.3) is 0 Å². The molecule has 164 valence electrons. The summed E-state index contributed by atoms with van der Waals surface area (Å²) < 4.78 is 28.4. The molecule has 1 aliphatic rings. The van der Waals surface area contributed by atoms with E-state index in [9.17, 15) is 8.42 Å². The summed E-state index contributed by atoms with van der Waals surface area (Å²) in [6, 6.07) is 22.9. The van der Waals surface area contributed by atoms with Gasteiger partial charge in [0.05, 0.1) is 10.4 Å². The highest BCUT2D eigenvalue weighted by Gasteiger charge is 2.28. The molecule has 0 amide bonds. The Hall–Kier alpha value is -3.78. The maximum Gasteiger partial charge on any atom is 0.229 e. The van der Waals surface area contributed by atoms with Crippen LogP contribution in [0.1, 0.15) is 16.7 Å². The lowest BCUT2D eigenvalue weighted by molar-refractivity contribution is 0.592. The van der Waals surface area contributed by atoms with Crippen LogP contribution < -0.4 is 4.90 Å². The predicted molar refractivity (Wildman–Crippen MR) is 126 cm³/mol. The van der Waals surface area contributed by atoms with Gasteiger partial charge in [-0.3, -0.25) is 0 Å². The molecule has 7 nitrogen and oxygen atoms in total. The molecular formula is C25H21N5O2S. The van der Waals surface area contributed by atoms with Gasteiger partial charge in [-0.1, -0.05) is 59.3 Å². The lowest BCUT2D eigenvalue weighted by atomic mass is 10.00. The lowest BCUT2D eigenvalue weighted by Crippen LogP contribution is -2.31. The number of aryl methyl sites for hydroxylation is 1. The number of rotatable bonds is 3. The second-order valence-corrected chi connectivity index (χ2v) is 10.2. The number of sulfone groups is 1. The van der Waals surface area contributed by atoms with Crippen LogP contribution in [0.3, 0.4) is 0 Å². The lowest BCUT2D eigenvalue weighted by Gasteiger charge is -2.30. The van der Waals surface area contributed by atoms with Gasteiger partial charge in [-0.25, -0.2) is 13.4 Å². The molecule has 2 aromatic heterocycles. The second-order valence-electron chi connectivity index (χ2n) is 8.34. The molecule has 3 aromatic carbocycles. The van der Waals surface area contributed by atoms with Crippen molar-refractivity contribution in [1.82, 2.24) is 19.8 Å². The van der Waals surface area contributed by atoms with Gasteiger partial charge in [-0.2, -0.15) is 4.52 Å². The van der Waals surface area contributed by atoms with E-state index in [1.165, 1.54) is 15.6 Å². The van der Waals surface area contributed by atoms with Crippen molar-refractivity contribution in [3.05, 3.63) is 89.5 Å². The molecule has 6 rings (SSSR count). The van der Waals surface area contributed by atoms with Crippen molar-refractivity contribution in [1.29, 1.82) is 0 Å². The highest BCUT2D eigenvalue weighted by Crippen LogP contribution is 2.32. The third kappa shape index (κ3) is 3.17. The number of nitrogens with zero attached hydrogens (tertiary/aromatic N) is 5. The Kier molecular flexibility index (Phi) is 4.45. The Morgan fingerprint density at radius 1 is 0.879 bits per heavy atom. The van der Waals surface area contributed by atoms with E-state index in [4.69, 9.17) is 4.98 Å². The van der Waals surface area contributed by atoms with E-state index in [2.05, 4.69) is 33.4 Å². The summed E-state index contributed by atoms with van der Waals surface area (Å²) in [7, 11) is -3.88. The molecule has 5 aromatic rings. The molecule has 0 radical (unpaired) electrons. The Balaban J connectivity index is 1.56. The summed E-state index contributed by atoms with van der Waals surface area (Å²) in [6.07, 6.45) is 0.906. The fraction of sp³-hybridized carbons (Fsp3) is 0.160. The topological polar surface area (TPSA) is 80.5 Å². The Morgan fingerprint density at radius 3 is 2.42 bits per heavy atom. The van der Waals surface area contributed by atoms with Gasteiger partial charge < -0.3 is 4.90 Å². The fourth-order valence-corrected chi connectivity index (χ4v) is 5.68. The first kappa shape index (κ1) is 19.9. The van der Waals surface area contributed by atoms with Crippen LogP contribution in [-0.4, -0.2) is 34.8 Å². The zero-order valence-electron chi connectivity index (χ0n) is 18.0. The summed E-state index contributed by atoms with van der Waals surface area (Å²) in [4.78, 5) is 7.24. The number of hydrogen-bond acceptors (Lipinski definition) is 6. The predicted octanol–water partition coefficient (Wildman–Crippen LogP) is 3.98. The van der Waals surface area contributed by atoms with E-state index >= 15 is 0 Å². The van der Waals surface area contributed by atoms with Crippen molar-refractivity contribution in [2.45, 2.75) is 29.8 Å². The average molecular weight is 456 g/mol. The van der Waals surface area contributed by atoms with Crippen molar-refractivity contribution in [3.8, 4) is 0 Å². The molecule has 1 aliphatic heterocycles. The molecule has 0 saturated carbocycles. The van der Waals surface area contributed by atoms with Crippen LogP contribution in [0.25, 0.3) is 16.6 Å². The Bertz CT molecular complexity index is 1620. The molecule has 0 N–H and O–H groups in total. The zero-order valence-corrected chi connectivity index (χ0v) is 18.8. The van der Waals surface area contributed by atoms with Crippen molar-refractivity contribution >= 4 is 32.2 Å². The molecule has 0 spiro atoms. The van der Waals surface area contributed by atoms with Gasteiger partial charge in [0.1, 0.15) is 5.82 Å². The van der Waals surface area contributed by atoms with E-state index < -0.39 is 9.84 Å². The van der Waals surface area contributed by atoms with E-state index in [0.29, 0.717) is 6.54 Å². The number of aromatic nitrogens is 4. The normalized spacial score (nSPS) is 14.0. The molecule has 0 fully saturated rings. The van der Waals surface area contributed by atoms with Gasteiger partial charge in [0, 0.05) is 18.5 Å². The van der Waals surface area contributed by atoms with Gasteiger partial charge in [0.15, 0.2) is 5.65 Å². The molecule has 33 heavy (non-hydrogen) atoms. The quantitative estimate of drug-likeness (QED) is 0.409. The minimum atomic E-state index is -3.88. The number of anilines is 1. The zero-order chi connectivity index (χ0) is 22.6. The van der Waals surface area contributed by atoms with Crippen LogP contribution in [-0.2, 0) is 22.8 Å². The number of fused-ring (bicyclic) bond motifs is 4. The molecular weight excluding hydrogens is 434 g/mol. The Morgan fingerprint density at radius 2 is 1.61 bits per heavy atom. The smallest absolute Gasteiger partial charge is 0.229 e. The minimum absolute atomic E-state index is 0.129. The maximum atomic E-state index is 13.4. The highest BCUT2D eigenvalue weighted by atomic mass is 32.2. The second kappa shape index (κ2) is 7.38. The molecule has 0 saturated heterocycles. The molecule has 3 heterocycles. The minimum Gasteiger partial charge on any atom is -0.351 e. The van der Waals surface area contributed by atoms with Crippen molar-refractivity contribution in [3.63, 3.8) is 0 Å². The van der Waals surface area contributed by atoms with Gasteiger partial charge in [-0.05, 0) is 48.7 Å². The van der Waals surface area contributed by atoms with Crippen molar-refractivity contribution in [2.24, 2.45) is 0 Å². The monoisotopic (exact) mass is 455 g/mol. The number of hydrogen-bond donors (Lipinski definition) is 0. The molecule has 8 heteroatoms. The summed E-state index contributed by atoms with van der Waals surface area (Å²) in [5.41, 5.74) is 4.59. The molecule has 0 atom stereocenters. The third-order valence-corrected chi connectivity index (χ3v) is 7.88. The number of para-hydroxylation sites is 1. The van der Waals surface area contributed by atoms with Crippen molar-refractivity contribution in [2.75, 3.05) is 11.4 Å². The summed E-state index contributed by atoms with van der Waals surface area (Å²) in [5.74, 6) is 0.746. The maximum absolute atomic E-state index is 13.4. The third-order valence-electron chi connectivity index (χ3n) is 6.22. The van der Waals surface area contributed by atoms with Gasteiger partial charge in [-0.15, -0.1) is 5.10 Å². The van der Waals surface area contributed by atoms with E-state index in [1.54, 1.807) is 24.3 Å². The van der Waals surface area contributed by atoms with Crippen LogP contribution in [0.4, 0.5) is 5.82 Å². The summed E-state index contributed by atoms with van der Waals surface area (Å²) in [6.45, 7) is 3.43. The highest BCUT2D eigenvalue weighted by molar-refractivity contribution is 7.91.